The number of thiophene rings is 1. The molecule has 1 aromatic heterocycles. The molecule has 0 fully saturated rings. The summed E-state index contributed by atoms with van der Waals surface area (Å²) >= 11 is 3.98. The van der Waals surface area contributed by atoms with Gasteiger partial charge in [0.1, 0.15) is 5.75 Å². The summed E-state index contributed by atoms with van der Waals surface area (Å²) in [7, 11) is 1.64. The molecule has 0 bridgehead atoms. The van der Waals surface area contributed by atoms with Gasteiger partial charge in [-0.15, -0.1) is 11.3 Å². The summed E-state index contributed by atoms with van der Waals surface area (Å²) in [6.45, 7) is 0.0189. The Balaban J connectivity index is 2.81. The van der Waals surface area contributed by atoms with Gasteiger partial charge in [-0.1, -0.05) is 6.07 Å². The molecule has 0 amide bonds. The molecule has 0 unspecified atom stereocenters. The molecule has 0 aliphatic rings. The molecular formula is C10H9IO2S. The lowest BCUT2D eigenvalue weighted by Gasteiger charge is -2.07. The Hall–Kier alpha value is -0.330. The van der Waals surface area contributed by atoms with Crippen molar-refractivity contribution in [1.82, 2.24) is 0 Å². The molecule has 1 heterocycles. The van der Waals surface area contributed by atoms with Gasteiger partial charge in [0.15, 0.2) is 0 Å². The lowest BCUT2D eigenvalue weighted by atomic mass is 10.1. The van der Waals surface area contributed by atoms with Gasteiger partial charge in [-0.05, 0) is 28.7 Å². The Morgan fingerprint density at radius 1 is 1.50 bits per heavy atom. The van der Waals surface area contributed by atoms with Crippen molar-refractivity contribution in [3.8, 4) is 5.75 Å². The molecule has 2 nitrogen and oxygen atoms in total. The zero-order valence-electron chi connectivity index (χ0n) is 7.58. The van der Waals surface area contributed by atoms with E-state index in [0.717, 1.165) is 16.7 Å². The normalized spacial score (nSPS) is 10.8. The summed E-state index contributed by atoms with van der Waals surface area (Å²) in [5.74, 6) is 0.802. The van der Waals surface area contributed by atoms with Gasteiger partial charge in [-0.2, -0.15) is 0 Å². The molecule has 4 heteroatoms. The first-order chi connectivity index (χ1) is 6.77. The highest BCUT2D eigenvalue weighted by Crippen LogP contribution is 2.37. The largest absolute Gasteiger partial charge is 0.496 e. The summed E-state index contributed by atoms with van der Waals surface area (Å²) in [6.07, 6.45) is 0. The van der Waals surface area contributed by atoms with E-state index in [4.69, 9.17) is 9.84 Å². The number of fused-ring (bicyclic) bond motifs is 1. The first kappa shape index (κ1) is 10.2. The molecule has 0 saturated carbocycles. The maximum atomic E-state index is 9.16. The lowest BCUT2D eigenvalue weighted by molar-refractivity contribution is 0.274. The lowest BCUT2D eigenvalue weighted by Crippen LogP contribution is -1.92. The molecule has 74 valence electrons. The number of aliphatic hydroxyl groups excluding tert-OH is 1. The summed E-state index contributed by atoms with van der Waals surface area (Å²) in [5.41, 5.74) is 0.844. The number of ether oxygens (including phenoxy) is 1. The minimum absolute atomic E-state index is 0.0189. The molecule has 1 aromatic carbocycles. The van der Waals surface area contributed by atoms with Crippen LogP contribution >= 0.6 is 33.9 Å². The third kappa shape index (κ3) is 1.51. The SMILES string of the molecule is COc1c(CO)ccc2scc(I)c12. The van der Waals surface area contributed by atoms with Gasteiger partial charge in [0.05, 0.1) is 13.7 Å². The number of benzene rings is 1. The van der Waals surface area contributed by atoms with E-state index in [1.54, 1.807) is 18.4 Å². The molecule has 0 atom stereocenters. The van der Waals surface area contributed by atoms with Gasteiger partial charge in [-0.25, -0.2) is 0 Å². The van der Waals surface area contributed by atoms with Crippen molar-refractivity contribution in [2.45, 2.75) is 6.61 Å². The van der Waals surface area contributed by atoms with Crippen molar-refractivity contribution in [3.05, 3.63) is 26.6 Å². The standard InChI is InChI=1S/C10H9IO2S/c1-13-10-6(4-12)2-3-8-9(10)7(11)5-14-8/h2-3,5,12H,4H2,1H3. The molecule has 2 aromatic rings. The molecule has 2 rings (SSSR count). The summed E-state index contributed by atoms with van der Waals surface area (Å²) in [6, 6.07) is 3.93. The van der Waals surface area contributed by atoms with Crippen LogP contribution in [0.3, 0.4) is 0 Å². The zero-order valence-corrected chi connectivity index (χ0v) is 10.6. The molecule has 1 N–H and O–H groups in total. The molecule has 0 aliphatic heterocycles. The van der Waals surface area contributed by atoms with Crippen LogP contribution in [-0.2, 0) is 6.61 Å². The van der Waals surface area contributed by atoms with E-state index >= 15 is 0 Å². The maximum absolute atomic E-state index is 9.16. The monoisotopic (exact) mass is 320 g/mol. The van der Waals surface area contributed by atoms with Crippen LogP contribution in [0.25, 0.3) is 10.1 Å². The highest BCUT2D eigenvalue weighted by Gasteiger charge is 2.11. The van der Waals surface area contributed by atoms with E-state index in [1.165, 1.54) is 8.27 Å². The van der Waals surface area contributed by atoms with Crippen LogP contribution < -0.4 is 4.74 Å². The number of aliphatic hydroxyl groups is 1. The Labute approximate surface area is 99.7 Å². The fourth-order valence-corrected chi connectivity index (χ4v) is 3.38. The highest BCUT2D eigenvalue weighted by atomic mass is 127. The third-order valence-corrected chi connectivity index (χ3v) is 4.32. The van der Waals surface area contributed by atoms with Crippen LogP contribution in [0, 0.1) is 3.57 Å². The van der Waals surface area contributed by atoms with E-state index in [2.05, 4.69) is 28.0 Å². The van der Waals surface area contributed by atoms with E-state index < -0.39 is 0 Å². The minimum atomic E-state index is 0.0189. The van der Waals surface area contributed by atoms with Gasteiger partial charge in [0.25, 0.3) is 0 Å². The van der Waals surface area contributed by atoms with Crippen LogP contribution in [-0.4, -0.2) is 12.2 Å². The van der Waals surface area contributed by atoms with Crippen LogP contribution in [0.1, 0.15) is 5.56 Å². The van der Waals surface area contributed by atoms with Crippen molar-refractivity contribution in [1.29, 1.82) is 0 Å². The second-order valence-electron chi connectivity index (χ2n) is 2.87. The van der Waals surface area contributed by atoms with Crippen molar-refractivity contribution in [2.75, 3.05) is 7.11 Å². The second-order valence-corrected chi connectivity index (χ2v) is 4.95. The van der Waals surface area contributed by atoms with E-state index in [1.807, 2.05) is 12.1 Å². The van der Waals surface area contributed by atoms with Gasteiger partial charge >= 0.3 is 0 Å². The first-order valence-electron chi connectivity index (χ1n) is 4.11. The average Bonchev–Trinajstić information content (AvgIpc) is 2.59. The first-order valence-corrected chi connectivity index (χ1v) is 6.07. The van der Waals surface area contributed by atoms with Gasteiger partial charge in [-0.3, -0.25) is 0 Å². The van der Waals surface area contributed by atoms with E-state index in [0.29, 0.717) is 0 Å². The Kier molecular flexibility index (Phi) is 2.94. The quantitative estimate of drug-likeness (QED) is 0.862. The van der Waals surface area contributed by atoms with E-state index in [9.17, 15) is 0 Å². The molecule has 0 spiro atoms. The average molecular weight is 320 g/mol. The molecular weight excluding hydrogens is 311 g/mol. The van der Waals surface area contributed by atoms with E-state index in [-0.39, 0.29) is 6.61 Å². The molecule has 0 saturated heterocycles. The van der Waals surface area contributed by atoms with Crippen molar-refractivity contribution >= 4 is 44.0 Å². The fraction of sp³-hybridized carbons (Fsp3) is 0.200. The maximum Gasteiger partial charge on any atom is 0.134 e. The van der Waals surface area contributed by atoms with Crippen molar-refractivity contribution < 1.29 is 9.84 Å². The van der Waals surface area contributed by atoms with Gasteiger partial charge in [0.2, 0.25) is 0 Å². The van der Waals surface area contributed by atoms with Gasteiger partial charge < -0.3 is 9.84 Å². The van der Waals surface area contributed by atoms with Crippen LogP contribution in [0.15, 0.2) is 17.5 Å². The number of hydrogen-bond donors (Lipinski definition) is 1. The Morgan fingerprint density at radius 2 is 2.29 bits per heavy atom. The summed E-state index contributed by atoms with van der Waals surface area (Å²) < 4.78 is 7.70. The fourth-order valence-electron chi connectivity index (χ4n) is 1.46. The summed E-state index contributed by atoms with van der Waals surface area (Å²) in [4.78, 5) is 0. The highest BCUT2D eigenvalue weighted by molar-refractivity contribution is 14.1. The predicted molar refractivity (Wildman–Crippen MR) is 67.0 cm³/mol. The number of methoxy groups -OCH3 is 1. The Bertz CT molecular complexity index is 464. The number of rotatable bonds is 2. The molecule has 0 radical (unpaired) electrons. The smallest absolute Gasteiger partial charge is 0.134 e. The van der Waals surface area contributed by atoms with Gasteiger partial charge in [0, 0.05) is 24.6 Å². The molecule has 0 aliphatic carbocycles. The number of halogens is 1. The zero-order chi connectivity index (χ0) is 10.1. The van der Waals surface area contributed by atoms with Crippen molar-refractivity contribution in [2.24, 2.45) is 0 Å². The summed E-state index contributed by atoms with van der Waals surface area (Å²) in [5, 5.41) is 12.4. The second kappa shape index (κ2) is 4.04. The topological polar surface area (TPSA) is 29.5 Å². The molecule has 14 heavy (non-hydrogen) atoms. The predicted octanol–water partition coefficient (Wildman–Crippen LogP) is 3.01. The van der Waals surface area contributed by atoms with Crippen LogP contribution in [0.5, 0.6) is 5.75 Å². The van der Waals surface area contributed by atoms with Crippen LogP contribution in [0.2, 0.25) is 0 Å². The Morgan fingerprint density at radius 3 is 2.93 bits per heavy atom. The minimum Gasteiger partial charge on any atom is -0.496 e. The van der Waals surface area contributed by atoms with Crippen LogP contribution in [0.4, 0.5) is 0 Å². The number of hydrogen-bond acceptors (Lipinski definition) is 3. The van der Waals surface area contributed by atoms with Crippen molar-refractivity contribution in [3.63, 3.8) is 0 Å². The third-order valence-electron chi connectivity index (χ3n) is 2.10.